The fourth-order valence-corrected chi connectivity index (χ4v) is 4.16. The monoisotopic (exact) mass is 311 g/mol. The van der Waals surface area contributed by atoms with E-state index in [-0.39, 0.29) is 6.10 Å². The van der Waals surface area contributed by atoms with Gasteiger partial charge in [0.2, 0.25) is 0 Å². The molecule has 1 aromatic carbocycles. The molecule has 4 nitrogen and oxygen atoms in total. The Labute approximate surface area is 137 Å². The second-order valence-corrected chi connectivity index (χ2v) is 7.33. The molecule has 2 aliphatic rings. The lowest BCUT2D eigenvalue weighted by Crippen LogP contribution is -2.56. The van der Waals surface area contributed by atoms with Gasteiger partial charge in [0.1, 0.15) is 6.33 Å². The molecule has 1 aliphatic heterocycles. The van der Waals surface area contributed by atoms with Gasteiger partial charge in [-0.15, -0.1) is 0 Å². The summed E-state index contributed by atoms with van der Waals surface area (Å²) < 4.78 is 0. The molecule has 2 fully saturated rings. The summed E-state index contributed by atoms with van der Waals surface area (Å²) in [5.74, 6) is 0.732. The summed E-state index contributed by atoms with van der Waals surface area (Å²) in [6.07, 6.45) is 7.77. The molecule has 1 saturated heterocycles. The van der Waals surface area contributed by atoms with Crippen LogP contribution in [0.5, 0.6) is 0 Å². The predicted octanol–water partition coefficient (Wildman–Crippen LogP) is 2.72. The lowest BCUT2D eigenvalue weighted by Gasteiger charge is -2.44. The van der Waals surface area contributed by atoms with Gasteiger partial charge < -0.3 is 5.11 Å². The van der Waals surface area contributed by atoms with Crippen molar-refractivity contribution in [3.63, 3.8) is 0 Å². The summed E-state index contributed by atoms with van der Waals surface area (Å²) in [4.78, 5) is 11.4. The summed E-state index contributed by atoms with van der Waals surface area (Å²) in [5, 5.41) is 10.7. The molecule has 1 aromatic heterocycles. The van der Waals surface area contributed by atoms with Crippen molar-refractivity contribution in [2.24, 2.45) is 5.92 Å². The average Bonchev–Trinajstić information content (AvgIpc) is 2.53. The van der Waals surface area contributed by atoms with Crippen LogP contribution in [-0.2, 0) is 6.42 Å². The van der Waals surface area contributed by atoms with Gasteiger partial charge in [-0.3, -0.25) is 4.90 Å². The van der Waals surface area contributed by atoms with Gasteiger partial charge in [-0.05, 0) is 57.1 Å². The molecule has 122 valence electrons. The number of fused-ring (bicyclic) bond motifs is 1. The second kappa shape index (κ2) is 6.17. The van der Waals surface area contributed by atoms with Gasteiger partial charge in [0.05, 0.1) is 17.3 Å². The zero-order chi connectivity index (χ0) is 15.8. The Morgan fingerprint density at radius 3 is 2.65 bits per heavy atom. The molecule has 0 unspecified atom stereocenters. The van der Waals surface area contributed by atoms with E-state index in [1.165, 1.54) is 42.3 Å². The number of β-amino-alcohol motifs (C(OH)–C–C–N with tert-alkyl or cyclic N) is 1. The van der Waals surface area contributed by atoms with Gasteiger partial charge >= 0.3 is 0 Å². The topological polar surface area (TPSA) is 49.2 Å². The van der Waals surface area contributed by atoms with Crippen LogP contribution in [0.3, 0.4) is 0 Å². The first-order valence-corrected chi connectivity index (χ1v) is 8.81. The molecular formula is C19H25N3O. The predicted molar refractivity (Wildman–Crippen MR) is 91.3 cm³/mol. The second-order valence-electron chi connectivity index (χ2n) is 7.33. The number of benzene rings is 1. The number of aliphatic hydroxyl groups excluding tert-OH is 1. The molecular weight excluding hydrogens is 286 g/mol. The van der Waals surface area contributed by atoms with Gasteiger partial charge in [-0.1, -0.05) is 11.6 Å². The van der Waals surface area contributed by atoms with Crippen molar-refractivity contribution in [2.45, 2.75) is 51.2 Å². The van der Waals surface area contributed by atoms with E-state index in [1.54, 1.807) is 6.33 Å². The fraction of sp³-hybridized carbons (Fsp3) is 0.579. The normalized spacial score (nSPS) is 26.3. The summed E-state index contributed by atoms with van der Waals surface area (Å²) in [6.45, 7) is 3.89. The number of aliphatic hydroxyl groups is 1. The van der Waals surface area contributed by atoms with Crippen LogP contribution < -0.4 is 0 Å². The van der Waals surface area contributed by atoms with Gasteiger partial charge in [0.15, 0.2) is 0 Å². The molecule has 2 aromatic rings. The molecule has 4 rings (SSSR count). The Bertz CT molecular complexity index is 688. The van der Waals surface area contributed by atoms with E-state index in [0.717, 1.165) is 30.9 Å². The van der Waals surface area contributed by atoms with Crippen LogP contribution in [0, 0.1) is 12.8 Å². The highest BCUT2D eigenvalue weighted by atomic mass is 16.3. The van der Waals surface area contributed by atoms with Gasteiger partial charge in [0, 0.05) is 24.5 Å². The van der Waals surface area contributed by atoms with E-state index < -0.39 is 0 Å². The third-order valence-electron chi connectivity index (χ3n) is 5.58. The number of hydrogen-bond donors (Lipinski definition) is 1. The summed E-state index contributed by atoms with van der Waals surface area (Å²) in [7, 11) is 0. The van der Waals surface area contributed by atoms with Crippen LogP contribution in [-0.4, -0.2) is 45.2 Å². The minimum absolute atomic E-state index is 0.0802. The Morgan fingerprint density at radius 2 is 1.91 bits per heavy atom. The van der Waals surface area contributed by atoms with Gasteiger partial charge in [-0.2, -0.15) is 0 Å². The highest BCUT2D eigenvalue weighted by Gasteiger charge is 2.33. The average molecular weight is 311 g/mol. The fourth-order valence-electron chi connectivity index (χ4n) is 4.16. The molecule has 1 aliphatic carbocycles. The Balaban J connectivity index is 1.42. The maximum absolute atomic E-state index is 9.46. The van der Waals surface area contributed by atoms with Gasteiger partial charge in [-0.25, -0.2) is 9.97 Å². The van der Waals surface area contributed by atoms with Crippen molar-refractivity contribution in [3.8, 4) is 0 Å². The number of nitrogens with zero attached hydrogens (tertiary/aromatic N) is 3. The highest BCUT2D eigenvalue weighted by molar-refractivity contribution is 5.81. The summed E-state index contributed by atoms with van der Waals surface area (Å²) >= 11 is 0. The number of aromatic nitrogens is 2. The van der Waals surface area contributed by atoms with Crippen LogP contribution in [0.4, 0.5) is 0 Å². The van der Waals surface area contributed by atoms with Crippen molar-refractivity contribution in [2.75, 3.05) is 13.1 Å². The van der Waals surface area contributed by atoms with Gasteiger partial charge in [0.25, 0.3) is 0 Å². The third kappa shape index (κ3) is 3.10. The molecule has 1 saturated carbocycles. The first-order chi connectivity index (χ1) is 11.2. The van der Waals surface area contributed by atoms with Crippen molar-refractivity contribution in [1.82, 2.24) is 14.9 Å². The number of likely N-dealkylation sites (tertiary alicyclic amines) is 1. The van der Waals surface area contributed by atoms with E-state index in [4.69, 9.17) is 0 Å². The minimum atomic E-state index is -0.0802. The first kappa shape index (κ1) is 15.0. The number of hydrogen-bond acceptors (Lipinski definition) is 4. The maximum Gasteiger partial charge on any atom is 0.116 e. The quantitative estimate of drug-likeness (QED) is 0.947. The zero-order valence-electron chi connectivity index (χ0n) is 13.8. The largest absolute Gasteiger partial charge is 0.390 e. The summed E-state index contributed by atoms with van der Waals surface area (Å²) in [6, 6.07) is 7.13. The molecule has 23 heavy (non-hydrogen) atoms. The number of rotatable bonds is 3. The van der Waals surface area contributed by atoms with Crippen LogP contribution in [0.25, 0.3) is 10.9 Å². The standard InChI is InChI=1S/C19H25N3O/c1-13-2-7-18-17(8-13)19(21-12-20-18)9-14-3-5-15(6-4-14)22-10-16(23)11-22/h2,7-8,12,14-16,23H,3-6,9-11H2,1H3. The van der Waals surface area contributed by atoms with Crippen LogP contribution in [0.15, 0.2) is 24.5 Å². The molecule has 0 spiro atoms. The maximum atomic E-state index is 9.46. The van der Waals surface area contributed by atoms with Crippen molar-refractivity contribution in [1.29, 1.82) is 0 Å². The summed E-state index contributed by atoms with van der Waals surface area (Å²) in [5.41, 5.74) is 3.54. The molecule has 1 N–H and O–H groups in total. The smallest absolute Gasteiger partial charge is 0.116 e. The van der Waals surface area contributed by atoms with E-state index >= 15 is 0 Å². The van der Waals surface area contributed by atoms with E-state index in [0.29, 0.717) is 6.04 Å². The van der Waals surface area contributed by atoms with Crippen LogP contribution >= 0.6 is 0 Å². The SMILES string of the molecule is Cc1ccc2ncnc(CC3CCC(N4CC(O)C4)CC3)c2c1. The van der Waals surface area contributed by atoms with Crippen molar-refractivity contribution >= 4 is 10.9 Å². The molecule has 0 atom stereocenters. The lowest BCUT2D eigenvalue weighted by molar-refractivity contribution is -0.0365. The Morgan fingerprint density at radius 1 is 1.13 bits per heavy atom. The Kier molecular flexibility index (Phi) is 4.04. The molecule has 0 radical (unpaired) electrons. The van der Waals surface area contributed by atoms with Crippen molar-refractivity contribution < 1.29 is 5.11 Å². The van der Waals surface area contributed by atoms with Crippen LogP contribution in [0.1, 0.15) is 36.9 Å². The highest BCUT2D eigenvalue weighted by Crippen LogP contribution is 2.32. The van der Waals surface area contributed by atoms with Crippen molar-refractivity contribution in [3.05, 3.63) is 35.8 Å². The molecule has 2 heterocycles. The minimum Gasteiger partial charge on any atom is -0.390 e. The third-order valence-corrected chi connectivity index (χ3v) is 5.58. The molecule has 0 amide bonds. The van der Waals surface area contributed by atoms with E-state index in [2.05, 4.69) is 40.0 Å². The molecule has 0 bridgehead atoms. The first-order valence-electron chi connectivity index (χ1n) is 8.81. The van der Waals surface area contributed by atoms with Crippen LogP contribution in [0.2, 0.25) is 0 Å². The van der Waals surface area contributed by atoms with E-state index in [1.807, 2.05) is 0 Å². The molecule has 4 heteroatoms. The number of aryl methyl sites for hydroxylation is 1. The van der Waals surface area contributed by atoms with E-state index in [9.17, 15) is 5.11 Å². The lowest BCUT2D eigenvalue weighted by atomic mass is 9.81. The zero-order valence-corrected chi connectivity index (χ0v) is 13.8. The Hall–Kier alpha value is -1.52.